The quantitative estimate of drug-likeness (QED) is 0.519. The lowest BCUT2D eigenvalue weighted by molar-refractivity contribution is 0.459. The second-order valence-corrected chi connectivity index (χ2v) is 6.57. The van der Waals surface area contributed by atoms with Crippen LogP contribution in [-0.4, -0.2) is 30.9 Å². The average Bonchev–Trinajstić information content (AvgIpc) is 2.25. The normalized spacial score (nSPS) is 12.7. The number of nitrogens with one attached hydrogen (secondary N) is 1. The second-order valence-electron chi connectivity index (χ2n) is 3.84. The molecule has 0 aliphatic rings. The van der Waals surface area contributed by atoms with Crippen molar-refractivity contribution in [2.75, 3.05) is 5.73 Å². The van der Waals surface area contributed by atoms with Crippen LogP contribution in [0.4, 0.5) is 5.69 Å². The first kappa shape index (κ1) is 14.5. The van der Waals surface area contributed by atoms with Crippen LogP contribution >= 0.6 is 0 Å². The summed E-state index contributed by atoms with van der Waals surface area (Å²) in [5, 5.41) is -1.17. The molecule has 0 unspecified atom stereocenters. The Morgan fingerprint density at radius 3 is 2.10 bits per heavy atom. The molecule has 0 bridgehead atoms. The maximum atomic E-state index is 11.7. The number of fused-ring (bicyclic) bond motifs is 1. The van der Waals surface area contributed by atoms with Gasteiger partial charge in [-0.3, -0.25) is 4.79 Å². The molecule has 1 aromatic heterocycles. The first-order valence-corrected chi connectivity index (χ1v) is 7.70. The molecule has 0 aliphatic heterocycles. The number of H-pyrrole nitrogens is 1. The molecule has 9 nitrogen and oxygen atoms in total. The number of benzene rings is 1. The molecule has 11 heteroatoms. The van der Waals surface area contributed by atoms with Crippen LogP contribution in [0.25, 0.3) is 10.9 Å². The van der Waals surface area contributed by atoms with Crippen molar-refractivity contribution in [1.82, 2.24) is 4.98 Å². The van der Waals surface area contributed by atoms with Gasteiger partial charge in [0.1, 0.15) is 25.3 Å². The van der Waals surface area contributed by atoms with Crippen molar-refractivity contribution in [2.45, 2.75) is 9.92 Å². The van der Waals surface area contributed by atoms with Gasteiger partial charge in [0, 0.05) is 11.8 Å². The summed E-state index contributed by atoms with van der Waals surface area (Å²) < 4.78 is 65.3. The highest BCUT2D eigenvalue weighted by Crippen LogP contribution is 2.22. The average molecular weight is 318 g/mol. The second kappa shape index (κ2) is 4.28. The molecule has 0 aliphatic carbocycles. The van der Waals surface area contributed by atoms with Crippen LogP contribution < -0.4 is 11.2 Å². The minimum absolute atomic E-state index is 0.218. The summed E-state index contributed by atoms with van der Waals surface area (Å²) in [5.74, 6) is 0. The number of nitrogen functional groups attached to an aromatic ring is 1. The Labute approximate surface area is 112 Å². The third-order valence-corrected chi connectivity index (χ3v) is 4.04. The lowest BCUT2D eigenvalue weighted by Crippen LogP contribution is -2.12. The molecule has 2 rings (SSSR count). The summed E-state index contributed by atoms with van der Waals surface area (Å²) in [6, 6.07) is 2.06. The molecule has 0 radical (unpaired) electrons. The Morgan fingerprint density at radius 2 is 1.60 bits per heavy atom. The van der Waals surface area contributed by atoms with E-state index in [0.29, 0.717) is 6.07 Å². The summed E-state index contributed by atoms with van der Waals surface area (Å²) in [4.78, 5) is 13.0. The maximum Gasteiger partial charge on any atom is 0.192 e. The van der Waals surface area contributed by atoms with Crippen LogP contribution in [0.2, 0.25) is 0 Å². The van der Waals surface area contributed by atoms with Gasteiger partial charge in [-0.15, -0.1) is 0 Å². The van der Waals surface area contributed by atoms with Crippen molar-refractivity contribution < 1.29 is 25.9 Å². The van der Waals surface area contributed by atoms with Crippen LogP contribution in [0.5, 0.6) is 0 Å². The van der Waals surface area contributed by atoms with E-state index in [1.54, 1.807) is 0 Å². The third-order valence-electron chi connectivity index (χ3n) is 2.47. The molecule has 0 atom stereocenters. The van der Waals surface area contributed by atoms with Crippen LogP contribution in [-0.2, 0) is 20.2 Å². The number of rotatable bonds is 2. The van der Waals surface area contributed by atoms with E-state index in [1.165, 1.54) is 0 Å². The standard InChI is InChI=1S/C9H8N2O7S2/c10-5-1-4(19(13,14)15)2-6-9(5)7(12)3-8(11-6)20(16,17)18/h1-3H,10H2,(H,11,12)(H,13,14,15)(H,16,17,18)/p-2. The van der Waals surface area contributed by atoms with E-state index in [2.05, 4.69) is 4.98 Å². The van der Waals surface area contributed by atoms with Crippen molar-refractivity contribution in [3.63, 3.8) is 0 Å². The van der Waals surface area contributed by atoms with Gasteiger partial charge < -0.3 is 19.8 Å². The number of hydrogen-bond acceptors (Lipinski definition) is 8. The minimum Gasteiger partial charge on any atom is -0.744 e. The molecule has 0 amide bonds. The fourth-order valence-corrected chi connectivity index (χ4v) is 2.67. The maximum absolute atomic E-state index is 11.7. The van der Waals surface area contributed by atoms with Gasteiger partial charge in [-0.1, -0.05) is 0 Å². The zero-order chi connectivity index (χ0) is 15.3. The van der Waals surface area contributed by atoms with E-state index in [1.807, 2.05) is 0 Å². The lowest BCUT2D eigenvalue weighted by Gasteiger charge is -2.12. The summed E-state index contributed by atoms with van der Waals surface area (Å²) in [7, 11) is -9.81. The van der Waals surface area contributed by atoms with E-state index in [0.717, 1.165) is 12.1 Å². The Morgan fingerprint density at radius 1 is 1.00 bits per heavy atom. The number of aromatic nitrogens is 1. The van der Waals surface area contributed by atoms with Gasteiger partial charge in [-0.05, 0) is 12.1 Å². The van der Waals surface area contributed by atoms with Gasteiger partial charge in [0.05, 0.1) is 15.8 Å². The van der Waals surface area contributed by atoms with Crippen molar-refractivity contribution in [3.8, 4) is 0 Å². The smallest absolute Gasteiger partial charge is 0.192 e. The third kappa shape index (κ3) is 2.51. The van der Waals surface area contributed by atoms with Crippen LogP contribution in [0, 0.1) is 0 Å². The fourth-order valence-electron chi connectivity index (χ4n) is 1.65. The van der Waals surface area contributed by atoms with Crippen molar-refractivity contribution >= 4 is 36.8 Å². The predicted octanol–water partition coefficient (Wildman–Crippen LogP) is -1.08. The van der Waals surface area contributed by atoms with Crippen molar-refractivity contribution in [1.29, 1.82) is 0 Å². The van der Waals surface area contributed by atoms with Crippen LogP contribution in [0.15, 0.2) is 32.9 Å². The zero-order valence-electron chi connectivity index (χ0n) is 9.48. The van der Waals surface area contributed by atoms with Crippen LogP contribution in [0.1, 0.15) is 0 Å². The molecule has 20 heavy (non-hydrogen) atoms. The molecule has 1 heterocycles. The largest absolute Gasteiger partial charge is 0.744 e. The summed E-state index contributed by atoms with van der Waals surface area (Å²) in [6.07, 6.45) is 0. The molecule has 0 saturated carbocycles. The van der Waals surface area contributed by atoms with Gasteiger partial charge in [-0.25, -0.2) is 16.8 Å². The topological polar surface area (TPSA) is 173 Å². The van der Waals surface area contributed by atoms with E-state index in [-0.39, 0.29) is 16.6 Å². The molecule has 2 aromatic rings. The lowest BCUT2D eigenvalue weighted by atomic mass is 10.2. The summed E-state index contributed by atoms with van der Waals surface area (Å²) in [6.45, 7) is 0. The number of aromatic amines is 1. The van der Waals surface area contributed by atoms with Gasteiger partial charge in [-0.2, -0.15) is 0 Å². The van der Waals surface area contributed by atoms with E-state index in [9.17, 15) is 30.7 Å². The molecule has 1 aromatic carbocycles. The molecular weight excluding hydrogens is 312 g/mol. The van der Waals surface area contributed by atoms with Gasteiger partial charge >= 0.3 is 0 Å². The Bertz CT molecular complexity index is 968. The molecule has 3 N–H and O–H groups in total. The van der Waals surface area contributed by atoms with E-state index >= 15 is 0 Å². The highest BCUT2D eigenvalue weighted by Gasteiger charge is 2.12. The highest BCUT2D eigenvalue weighted by atomic mass is 32.2. The van der Waals surface area contributed by atoms with E-state index < -0.39 is 35.6 Å². The SMILES string of the molecule is Nc1cc(S(=O)(=O)[O-])cc2[nH]c(S(=O)(=O)[O-])cc(=O)c12. The number of anilines is 1. The van der Waals surface area contributed by atoms with Gasteiger partial charge in [0.15, 0.2) is 5.43 Å². The van der Waals surface area contributed by atoms with Gasteiger partial charge in [0.25, 0.3) is 0 Å². The first-order chi connectivity index (χ1) is 9.00. The van der Waals surface area contributed by atoms with Gasteiger partial charge in [0.2, 0.25) is 0 Å². The number of pyridine rings is 1. The fraction of sp³-hybridized carbons (Fsp3) is 0. The van der Waals surface area contributed by atoms with Crippen molar-refractivity contribution in [2.24, 2.45) is 0 Å². The predicted molar refractivity (Wildman–Crippen MR) is 64.9 cm³/mol. The molecule has 0 saturated heterocycles. The molecule has 108 valence electrons. The van der Waals surface area contributed by atoms with Crippen molar-refractivity contribution in [3.05, 3.63) is 28.4 Å². The molecule has 0 fully saturated rings. The van der Waals surface area contributed by atoms with E-state index in [4.69, 9.17) is 5.73 Å². The molecule has 0 spiro atoms. The molecular formula is C9H6N2O7S2-2. The first-order valence-electron chi connectivity index (χ1n) is 4.88. The number of hydrogen-bond donors (Lipinski definition) is 2. The van der Waals surface area contributed by atoms with Crippen LogP contribution in [0.3, 0.4) is 0 Å². The number of nitrogens with two attached hydrogens (primary N) is 1. The summed E-state index contributed by atoms with van der Waals surface area (Å²) in [5.41, 5.74) is 3.92. The summed E-state index contributed by atoms with van der Waals surface area (Å²) >= 11 is 0. The Kier molecular flexibility index (Phi) is 3.09. The highest BCUT2D eigenvalue weighted by molar-refractivity contribution is 7.86. The Hall–Kier alpha value is -1.95. The monoisotopic (exact) mass is 318 g/mol. The minimum atomic E-state index is -4.95. The zero-order valence-corrected chi connectivity index (χ0v) is 11.1. The Balaban J connectivity index is 2.99.